The second kappa shape index (κ2) is 6.85. The number of anilines is 1. The zero-order valence-electron chi connectivity index (χ0n) is 12.0. The first kappa shape index (κ1) is 17.1. The molecule has 1 aliphatic heterocycles. The van der Waals surface area contributed by atoms with Crippen molar-refractivity contribution in [3.05, 3.63) is 28.8 Å². The Morgan fingerprint density at radius 1 is 1.50 bits per heavy atom. The molecule has 1 aliphatic rings. The summed E-state index contributed by atoms with van der Waals surface area (Å²) in [6.07, 6.45) is -4.55. The van der Waals surface area contributed by atoms with Crippen LogP contribution in [0.5, 0.6) is 0 Å². The lowest BCUT2D eigenvalue weighted by Crippen LogP contribution is -2.51. The van der Waals surface area contributed by atoms with Crippen LogP contribution in [0.2, 0.25) is 5.02 Å². The van der Waals surface area contributed by atoms with E-state index in [4.69, 9.17) is 11.6 Å². The maximum atomic E-state index is 12.8. The number of hydrogen-bond donors (Lipinski definition) is 2. The average molecular weight is 336 g/mol. The van der Waals surface area contributed by atoms with E-state index in [-0.39, 0.29) is 29.2 Å². The first-order chi connectivity index (χ1) is 10.3. The van der Waals surface area contributed by atoms with E-state index in [9.17, 15) is 18.0 Å². The molecule has 1 atom stereocenters. The largest absolute Gasteiger partial charge is 0.417 e. The van der Waals surface area contributed by atoms with Gasteiger partial charge in [0.15, 0.2) is 0 Å². The number of nitrogens with one attached hydrogen (secondary N) is 2. The van der Waals surface area contributed by atoms with Gasteiger partial charge in [-0.05, 0) is 25.1 Å². The Morgan fingerprint density at radius 3 is 2.86 bits per heavy atom. The molecule has 0 radical (unpaired) electrons. The molecule has 0 bridgehead atoms. The summed E-state index contributed by atoms with van der Waals surface area (Å²) in [5, 5.41) is 5.31. The first-order valence-electron chi connectivity index (χ1n) is 6.89. The molecule has 0 aromatic heterocycles. The van der Waals surface area contributed by atoms with Crippen LogP contribution >= 0.6 is 11.6 Å². The van der Waals surface area contributed by atoms with Gasteiger partial charge in [0, 0.05) is 31.4 Å². The van der Waals surface area contributed by atoms with Crippen molar-refractivity contribution in [1.29, 1.82) is 0 Å². The Labute approximate surface area is 131 Å². The number of piperazine rings is 1. The highest BCUT2D eigenvalue weighted by molar-refractivity contribution is 6.31. The van der Waals surface area contributed by atoms with Gasteiger partial charge in [0.1, 0.15) is 0 Å². The maximum absolute atomic E-state index is 12.8. The highest BCUT2D eigenvalue weighted by Crippen LogP contribution is 2.36. The van der Waals surface area contributed by atoms with Crippen LogP contribution in [0.25, 0.3) is 0 Å². The van der Waals surface area contributed by atoms with Crippen LogP contribution in [0.4, 0.5) is 18.9 Å². The molecule has 4 nitrogen and oxygen atoms in total. The van der Waals surface area contributed by atoms with Gasteiger partial charge < -0.3 is 10.6 Å². The van der Waals surface area contributed by atoms with E-state index in [2.05, 4.69) is 10.6 Å². The molecule has 1 fully saturated rings. The monoisotopic (exact) mass is 335 g/mol. The van der Waals surface area contributed by atoms with Crippen molar-refractivity contribution in [2.24, 2.45) is 0 Å². The second-order valence-electron chi connectivity index (χ2n) is 5.26. The molecule has 0 spiro atoms. The zero-order valence-corrected chi connectivity index (χ0v) is 12.8. The summed E-state index contributed by atoms with van der Waals surface area (Å²) in [6.45, 7) is 4.43. The summed E-state index contributed by atoms with van der Waals surface area (Å²) >= 11 is 5.54. The fraction of sp³-hybridized carbons (Fsp3) is 0.500. The maximum Gasteiger partial charge on any atom is 0.417 e. The molecular formula is C14H17ClF3N3O. The van der Waals surface area contributed by atoms with Gasteiger partial charge in [-0.15, -0.1) is 0 Å². The number of halogens is 4. The van der Waals surface area contributed by atoms with Crippen molar-refractivity contribution in [3.8, 4) is 0 Å². The van der Waals surface area contributed by atoms with E-state index in [0.717, 1.165) is 31.8 Å². The predicted octanol–water partition coefficient (Wildman–Crippen LogP) is 2.59. The molecule has 0 unspecified atom stereocenters. The highest BCUT2D eigenvalue weighted by atomic mass is 35.5. The van der Waals surface area contributed by atoms with Crippen LogP contribution in [-0.4, -0.2) is 43.0 Å². The molecule has 1 aromatic rings. The minimum Gasteiger partial charge on any atom is -0.325 e. The molecule has 0 saturated carbocycles. The molecule has 8 heteroatoms. The highest BCUT2D eigenvalue weighted by Gasteiger charge is 2.33. The predicted molar refractivity (Wildman–Crippen MR) is 79.0 cm³/mol. The molecular weight excluding hydrogens is 319 g/mol. The summed E-state index contributed by atoms with van der Waals surface area (Å²) in [5.74, 6) is -0.343. The fourth-order valence-electron chi connectivity index (χ4n) is 2.32. The normalized spacial score (nSPS) is 20.0. The van der Waals surface area contributed by atoms with Crippen molar-refractivity contribution >= 4 is 23.2 Å². The van der Waals surface area contributed by atoms with Crippen molar-refractivity contribution in [2.75, 3.05) is 31.5 Å². The SMILES string of the molecule is C[C@H]1CNCCN1CC(=O)Nc1ccc(Cl)c(C(F)(F)F)c1. The standard InChI is InChI=1S/C14H17ClF3N3O/c1-9-7-19-4-5-21(9)8-13(22)20-10-2-3-12(15)11(6-10)14(16,17)18/h2-3,6,9,19H,4-5,7-8H2,1H3,(H,20,22)/t9-/m0/s1. The summed E-state index contributed by atoms with van der Waals surface area (Å²) in [6, 6.07) is 3.54. The number of alkyl halides is 3. The Hall–Kier alpha value is -1.31. The average Bonchev–Trinajstić information content (AvgIpc) is 2.42. The third kappa shape index (κ3) is 4.34. The van der Waals surface area contributed by atoms with Crippen LogP contribution in [-0.2, 0) is 11.0 Å². The van der Waals surface area contributed by atoms with E-state index < -0.39 is 11.7 Å². The third-order valence-electron chi connectivity index (χ3n) is 3.54. The van der Waals surface area contributed by atoms with E-state index in [0.29, 0.717) is 0 Å². The Bertz CT molecular complexity index is 551. The van der Waals surface area contributed by atoms with Gasteiger partial charge in [0.2, 0.25) is 5.91 Å². The van der Waals surface area contributed by atoms with Crippen LogP contribution < -0.4 is 10.6 Å². The molecule has 1 aromatic carbocycles. The van der Waals surface area contributed by atoms with Gasteiger partial charge >= 0.3 is 6.18 Å². The van der Waals surface area contributed by atoms with Gasteiger partial charge in [0.25, 0.3) is 0 Å². The quantitative estimate of drug-likeness (QED) is 0.892. The number of amides is 1. The summed E-state index contributed by atoms with van der Waals surface area (Å²) in [7, 11) is 0. The minimum absolute atomic E-state index is 0.0875. The molecule has 1 saturated heterocycles. The third-order valence-corrected chi connectivity index (χ3v) is 3.87. The molecule has 1 heterocycles. The number of hydrogen-bond acceptors (Lipinski definition) is 3. The number of carbonyl (C=O) groups excluding carboxylic acids is 1. The summed E-state index contributed by atoms with van der Waals surface area (Å²) in [4.78, 5) is 14.0. The number of carbonyl (C=O) groups is 1. The smallest absolute Gasteiger partial charge is 0.325 e. The Kier molecular flexibility index (Phi) is 5.31. The van der Waals surface area contributed by atoms with Gasteiger partial charge in [-0.1, -0.05) is 11.6 Å². The number of rotatable bonds is 3. The Balaban J connectivity index is 2.02. The van der Waals surface area contributed by atoms with Gasteiger partial charge in [-0.2, -0.15) is 13.2 Å². The molecule has 1 amide bonds. The van der Waals surface area contributed by atoms with Crippen molar-refractivity contribution in [3.63, 3.8) is 0 Å². The first-order valence-corrected chi connectivity index (χ1v) is 7.26. The topological polar surface area (TPSA) is 44.4 Å². The molecule has 2 N–H and O–H groups in total. The lowest BCUT2D eigenvalue weighted by atomic mass is 10.2. The minimum atomic E-state index is -4.55. The van der Waals surface area contributed by atoms with Crippen LogP contribution in [0, 0.1) is 0 Å². The van der Waals surface area contributed by atoms with Crippen LogP contribution in [0.15, 0.2) is 18.2 Å². The van der Waals surface area contributed by atoms with Gasteiger partial charge in [0.05, 0.1) is 17.1 Å². The van der Waals surface area contributed by atoms with E-state index >= 15 is 0 Å². The van der Waals surface area contributed by atoms with Crippen LogP contribution in [0.1, 0.15) is 12.5 Å². The van der Waals surface area contributed by atoms with E-state index in [1.54, 1.807) is 0 Å². The summed E-state index contributed by atoms with van der Waals surface area (Å²) < 4.78 is 38.3. The van der Waals surface area contributed by atoms with Gasteiger partial charge in [-0.3, -0.25) is 9.69 Å². The molecule has 122 valence electrons. The number of nitrogens with zero attached hydrogens (tertiary/aromatic N) is 1. The Morgan fingerprint density at radius 2 is 2.23 bits per heavy atom. The van der Waals surface area contributed by atoms with Crippen molar-refractivity contribution < 1.29 is 18.0 Å². The molecule has 22 heavy (non-hydrogen) atoms. The number of benzene rings is 1. The van der Waals surface area contributed by atoms with Gasteiger partial charge in [-0.25, -0.2) is 0 Å². The lowest BCUT2D eigenvalue weighted by Gasteiger charge is -2.33. The van der Waals surface area contributed by atoms with E-state index in [1.165, 1.54) is 6.07 Å². The molecule has 2 rings (SSSR count). The lowest BCUT2D eigenvalue weighted by molar-refractivity contribution is -0.137. The summed E-state index contributed by atoms with van der Waals surface area (Å²) in [5.41, 5.74) is -0.869. The van der Waals surface area contributed by atoms with Crippen LogP contribution in [0.3, 0.4) is 0 Å². The van der Waals surface area contributed by atoms with E-state index in [1.807, 2.05) is 11.8 Å². The van der Waals surface area contributed by atoms with Crippen molar-refractivity contribution in [1.82, 2.24) is 10.2 Å². The zero-order chi connectivity index (χ0) is 16.3. The fourth-order valence-corrected chi connectivity index (χ4v) is 2.55. The van der Waals surface area contributed by atoms with Crippen molar-refractivity contribution in [2.45, 2.75) is 19.1 Å². The molecule has 0 aliphatic carbocycles. The second-order valence-corrected chi connectivity index (χ2v) is 5.67.